The van der Waals surface area contributed by atoms with E-state index >= 15 is 0 Å². The molecule has 0 spiro atoms. The van der Waals surface area contributed by atoms with Crippen LogP contribution >= 0.6 is 12.4 Å². The summed E-state index contributed by atoms with van der Waals surface area (Å²) >= 11 is 0. The van der Waals surface area contributed by atoms with Gasteiger partial charge in [0.05, 0.1) is 5.75 Å². The zero-order valence-electron chi connectivity index (χ0n) is 7.23. The van der Waals surface area contributed by atoms with Gasteiger partial charge in [0.25, 0.3) is 0 Å². The maximum atomic E-state index is 11.1. The first-order chi connectivity index (χ1) is 5.64. The van der Waals surface area contributed by atoms with Crippen LogP contribution in [0.2, 0.25) is 0 Å². The predicted octanol–water partition coefficient (Wildman–Crippen LogP) is 1.16. The zero-order chi connectivity index (χ0) is 9.03. The fourth-order valence-electron chi connectivity index (χ4n) is 0.866. The second-order valence-electron chi connectivity index (χ2n) is 2.45. The number of sulfonamides is 1. The standard InChI is InChI=1S/C8H11NO2S.ClH/c1-9-12(10,11)7-8-5-3-2-4-6-8;/h2-6,9H,7H2,1H3;1H. The molecule has 0 bridgehead atoms. The lowest BCUT2D eigenvalue weighted by Crippen LogP contribution is -2.20. The highest BCUT2D eigenvalue weighted by Crippen LogP contribution is 2.02. The Hall–Kier alpha value is -0.580. The van der Waals surface area contributed by atoms with Crippen LogP contribution in [0.5, 0.6) is 0 Å². The average molecular weight is 222 g/mol. The van der Waals surface area contributed by atoms with E-state index in [2.05, 4.69) is 4.72 Å². The van der Waals surface area contributed by atoms with Gasteiger partial charge in [0.1, 0.15) is 0 Å². The molecule has 0 aliphatic carbocycles. The molecule has 0 aliphatic rings. The molecule has 0 atom stereocenters. The molecule has 1 aromatic carbocycles. The minimum atomic E-state index is -3.12. The largest absolute Gasteiger partial charge is 0.218 e. The Balaban J connectivity index is 0.00000144. The van der Waals surface area contributed by atoms with E-state index in [-0.39, 0.29) is 18.2 Å². The monoisotopic (exact) mass is 221 g/mol. The summed E-state index contributed by atoms with van der Waals surface area (Å²) in [5.74, 6) is 0.0460. The summed E-state index contributed by atoms with van der Waals surface area (Å²) in [7, 11) is -1.71. The highest BCUT2D eigenvalue weighted by molar-refractivity contribution is 7.88. The number of hydrogen-bond donors (Lipinski definition) is 1. The van der Waals surface area contributed by atoms with Gasteiger partial charge in [0, 0.05) is 0 Å². The molecule has 0 heterocycles. The van der Waals surface area contributed by atoms with E-state index in [1.807, 2.05) is 18.2 Å². The van der Waals surface area contributed by atoms with Gasteiger partial charge in [-0.2, -0.15) is 0 Å². The van der Waals surface area contributed by atoms with Crippen molar-refractivity contribution in [2.75, 3.05) is 7.05 Å². The Morgan fingerprint density at radius 2 is 1.77 bits per heavy atom. The molecule has 1 rings (SSSR count). The normalized spacial score (nSPS) is 10.5. The number of hydrogen-bond acceptors (Lipinski definition) is 2. The third kappa shape index (κ3) is 4.26. The smallest absolute Gasteiger partial charge is 0.215 e. The van der Waals surface area contributed by atoms with E-state index in [1.165, 1.54) is 7.05 Å². The molecule has 0 saturated carbocycles. The molecule has 0 radical (unpaired) electrons. The first-order valence-electron chi connectivity index (χ1n) is 3.59. The van der Waals surface area contributed by atoms with Crippen LogP contribution < -0.4 is 4.72 Å². The molecule has 0 aliphatic heterocycles. The van der Waals surface area contributed by atoms with Crippen molar-refractivity contribution in [3.63, 3.8) is 0 Å². The summed E-state index contributed by atoms with van der Waals surface area (Å²) in [6.45, 7) is 0. The quantitative estimate of drug-likeness (QED) is 0.833. The lowest BCUT2D eigenvalue weighted by atomic mass is 10.2. The van der Waals surface area contributed by atoms with Gasteiger partial charge in [-0.25, -0.2) is 13.1 Å². The van der Waals surface area contributed by atoms with Crippen molar-refractivity contribution in [2.24, 2.45) is 0 Å². The van der Waals surface area contributed by atoms with Crippen LogP contribution in [0.1, 0.15) is 5.56 Å². The maximum absolute atomic E-state index is 11.1. The predicted molar refractivity (Wildman–Crippen MR) is 55.4 cm³/mol. The van der Waals surface area contributed by atoms with Crippen LogP contribution in [0.3, 0.4) is 0 Å². The Morgan fingerprint density at radius 3 is 2.23 bits per heavy atom. The second-order valence-corrected chi connectivity index (χ2v) is 4.38. The molecule has 0 aromatic heterocycles. The van der Waals surface area contributed by atoms with Gasteiger partial charge in [-0.15, -0.1) is 12.4 Å². The first kappa shape index (κ1) is 12.4. The van der Waals surface area contributed by atoms with E-state index in [0.29, 0.717) is 0 Å². The van der Waals surface area contributed by atoms with Gasteiger partial charge in [0.15, 0.2) is 0 Å². The Labute approximate surface area is 84.6 Å². The summed E-state index contributed by atoms with van der Waals surface area (Å²) < 4.78 is 24.4. The summed E-state index contributed by atoms with van der Waals surface area (Å²) in [6.07, 6.45) is 0. The number of halogens is 1. The van der Waals surface area contributed by atoms with Gasteiger partial charge in [-0.1, -0.05) is 30.3 Å². The van der Waals surface area contributed by atoms with E-state index in [4.69, 9.17) is 0 Å². The van der Waals surface area contributed by atoms with Crippen LogP contribution in [0.15, 0.2) is 30.3 Å². The van der Waals surface area contributed by atoms with Crippen molar-refractivity contribution in [1.82, 2.24) is 4.72 Å². The Morgan fingerprint density at radius 1 is 1.23 bits per heavy atom. The lowest BCUT2D eigenvalue weighted by Gasteiger charge is -2.00. The average Bonchev–Trinajstić information content (AvgIpc) is 2.06. The van der Waals surface area contributed by atoms with Crippen LogP contribution in [-0.2, 0) is 15.8 Å². The highest BCUT2D eigenvalue weighted by Gasteiger charge is 2.06. The number of benzene rings is 1. The molecule has 1 aromatic rings. The van der Waals surface area contributed by atoms with Crippen molar-refractivity contribution in [1.29, 1.82) is 0 Å². The lowest BCUT2D eigenvalue weighted by molar-refractivity contribution is 0.587. The maximum Gasteiger partial charge on any atom is 0.215 e. The molecule has 3 nitrogen and oxygen atoms in total. The molecular weight excluding hydrogens is 210 g/mol. The third-order valence-corrected chi connectivity index (χ3v) is 2.85. The van der Waals surface area contributed by atoms with E-state index < -0.39 is 10.0 Å². The van der Waals surface area contributed by atoms with Crippen LogP contribution in [-0.4, -0.2) is 15.5 Å². The number of rotatable bonds is 3. The van der Waals surface area contributed by atoms with Crippen molar-refractivity contribution >= 4 is 22.4 Å². The zero-order valence-corrected chi connectivity index (χ0v) is 8.86. The van der Waals surface area contributed by atoms with Crippen molar-refractivity contribution in [2.45, 2.75) is 5.75 Å². The molecule has 5 heteroatoms. The molecule has 13 heavy (non-hydrogen) atoms. The molecular formula is C8H12ClNO2S. The molecule has 0 amide bonds. The fraction of sp³-hybridized carbons (Fsp3) is 0.250. The van der Waals surface area contributed by atoms with Gasteiger partial charge in [-0.3, -0.25) is 0 Å². The second kappa shape index (κ2) is 5.21. The molecule has 0 unspecified atom stereocenters. The van der Waals surface area contributed by atoms with Crippen molar-refractivity contribution in [3.8, 4) is 0 Å². The van der Waals surface area contributed by atoms with E-state index in [1.54, 1.807) is 12.1 Å². The number of nitrogens with one attached hydrogen (secondary N) is 1. The summed E-state index contributed by atoms with van der Waals surface area (Å²) in [4.78, 5) is 0. The van der Waals surface area contributed by atoms with Gasteiger partial charge in [-0.05, 0) is 12.6 Å². The minimum absolute atomic E-state index is 0. The topological polar surface area (TPSA) is 46.2 Å². The Kier molecular flexibility index (Phi) is 4.98. The van der Waals surface area contributed by atoms with E-state index in [9.17, 15) is 8.42 Å². The first-order valence-corrected chi connectivity index (χ1v) is 5.24. The minimum Gasteiger partial charge on any atom is -0.218 e. The van der Waals surface area contributed by atoms with Gasteiger partial charge >= 0.3 is 0 Å². The third-order valence-electron chi connectivity index (χ3n) is 1.51. The van der Waals surface area contributed by atoms with E-state index in [0.717, 1.165) is 5.56 Å². The molecule has 0 fully saturated rings. The molecule has 0 saturated heterocycles. The Bertz CT molecular complexity index is 336. The fourth-order valence-corrected chi connectivity index (χ4v) is 1.64. The molecule has 74 valence electrons. The van der Waals surface area contributed by atoms with Gasteiger partial charge in [0.2, 0.25) is 10.0 Å². The summed E-state index contributed by atoms with van der Waals surface area (Å²) in [5.41, 5.74) is 0.798. The van der Waals surface area contributed by atoms with Crippen LogP contribution in [0.25, 0.3) is 0 Å². The SMILES string of the molecule is CNS(=O)(=O)Cc1ccccc1.Cl. The van der Waals surface area contributed by atoms with Crippen LogP contribution in [0.4, 0.5) is 0 Å². The van der Waals surface area contributed by atoms with Gasteiger partial charge < -0.3 is 0 Å². The highest BCUT2D eigenvalue weighted by atomic mass is 35.5. The van der Waals surface area contributed by atoms with Crippen molar-refractivity contribution in [3.05, 3.63) is 35.9 Å². The van der Waals surface area contributed by atoms with Crippen LogP contribution in [0, 0.1) is 0 Å². The molecule has 1 N–H and O–H groups in total. The summed E-state index contributed by atoms with van der Waals surface area (Å²) in [5, 5.41) is 0. The van der Waals surface area contributed by atoms with Crippen molar-refractivity contribution < 1.29 is 8.42 Å². The summed E-state index contributed by atoms with van der Waals surface area (Å²) in [6, 6.07) is 9.07.